The Kier molecular flexibility index (Phi) is 4.82. The number of halogens is 1. The Labute approximate surface area is 159 Å². The van der Waals surface area contributed by atoms with Gasteiger partial charge in [-0.1, -0.05) is 48.7 Å². The molecule has 4 heteroatoms. The van der Waals surface area contributed by atoms with Crippen molar-refractivity contribution >= 4 is 23.2 Å². The van der Waals surface area contributed by atoms with Crippen molar-refractivity contribution in [3.05, 3.63) is 70.2 Å². The molecule has 0 N–H and O–H groups in total. The molecule has 134 valence electrons. The van der Waals surface area contributed by atoms with Gasteiger partial charge >= 0.3 is 0 Å². The highest BCUT2D eigenvalue weighted by atomic mass is 35.5. The molecular weight excluding hydrogens is 344 g/mol. The maximum Gasteiger partial charge on any atom is 0.193 e. The van der Waals surface area contributed by atoms with Crippen molar-refractivity contribution in [1.29, 1.82) is 0 Å². The second-order valence-electron chi connectivity index (χ2n) is 7.04. The first-order valence-electron chi connectivity index (χ1n) is 9.43. The average molecular weight is 367 g/mol. The lowest BCUT2D eigenvalue weighted by Gasteiger charge is -2.32. The van der Waals surface area contributed by atoms with E-state index in [1.54, 1.807) is 24.3 Å². The fraction of sp³-hybridized carbons (Fsp3) is 0.364. The van der Waals surface area contributed by atoms with Gasteiger partial charge in [-0.05, 0) is 44.0 Å². The Morgan fingerprint density at radius 3 is 2.62 bits per heavy atom. The Balaban J connectivity index is 1.74. The first kappa shape index (κ1) is 17.3. The first-order valence-corrected chi connectivity index (χ1v) is 9.81. The fourth-order valence-electron chi connectivity index (χ4n) is 4.24. The molecule has 2 aromatic rings. The summed E-state index contributed by atoms with van der Waals surface area (Å²) >= 11 is 5.97. The molecule has 0 bridgehead atoms. The van der Waals surface area contributed by atoms with Gasteiger partial charge in [-0.15, -0.1) is 0 Å². The standard InChI is InChI=1S/C22H23ClN2O/c1-2-25-20-10-6-5-9-19(20)24-22(25)18-8-4-3-7-17(18)21(26)15-11-13-16(23)14-12-15/h3-4,7-8,11-14,19-20H,2,5-6,9-10H2,1H3/t19-,20-/m1/s1. The molecule has 2 atom stereocenters. The molecule has 1 fully saturated rings. The van der Waals surface area contributed by atoms with Crippen LogP contribution in [0.15, 0.2) is 53.5 Å². The molecule has 1 heterocycles. The minimum Gasteiger partial charge on any atom is -0.352 e. The van der Waals surface area contributed by atoms with Crippen LogP contribution in [-0.2, 0) is 0 Å². The van der Waals surface area contributed by atoms with Gasteiger partial charge in [0, 0.05) is 28.3 Å². The number of hydrogen-bond acceptors (Lipinski definition) is 3. The van der Waals surface area contributed by atoms with Crippen LogP contribution in [0.25, 0.3) is 0 Å². The number of ketones is 1. The molecule has 2 aromatic carbocycles. The first-order chi connectivity index (χ1) is 12.7. The monoisotopic (exact) mass is 366 g/mol. The maximum atomic E-state index is 13.1. The zero-order valence-electron chi connectivity index (χ0n) is 15.0. The van der Waals surface area contributed by atoms with Crippen LogP contribution in [0.4, 0.5) is 0 Å². The molecule has 0 saturated heterocycles. The van der Waals surface area contributed by atoms with Crippen LogP contribution in [-0.4, -0.2) is 35.1 Å². The number of carbonyl (C=O) groups is 1. The Hall–Kier alpha value is -2.13. The van der Waals surface area contributed by atoms with E-state index < -0.39 is 0 Å². The fourth-order valence-corrected chi connectivity index (χ4v) is 4.36. The highest BCUT2D eigenvalue weighted by Crippen LogP contribution is 2.33. The normalized spacial score (nSPS) is 22.1. The van der Waals surface area contributed by atoms with Crippen molar-refractivity contribution in [2.24, 2.45) is 4.99 Å². The Bertz CT molecular complexity index is 843. The number of benzene rings is 2. The van der Waals surface area contributed by atoms with E-state index in [-0.39, 0.29) is 5.78 Å². The van der Waals surface area contributed by atoms with Crippen LogP contribution in [0, 0.1) is 0 Å². The Morgan fingerprint density at radius 1 is 1.12 bits per heavy atom. The van der Waals surface area contributed by atoms with Crippen LogP contribution in [0.5, 0.6) is 0 Å². The number of fused-ring (bicyclic) bond motifs is 1. The van der Waals surface area contributed by atoms with Crippen molar-refractivity contribution in [2.45, 2.75) is 44.7 Å². The van der Waals surface area contributed by atoms with E-state index in [0.717, 1.165) is 24.4 Å². The average Bonchev–Trinajstić information content (AvgIpc) is 3.06. The summed E-state index contributed by atoms with van der Waals surface area (Å²) in [4.78, 5) is 20.6. The van der Waals surface area contributed by atoms with Gasteiger partial charge in [-0.2, -0.15) is 0 Å². The molecular formula is C22H23ClN2O. The highest BCUT2D eigenvalue weighted by Gasteiger charge is 2.38. The van der Waals surface area contributed by atoms with Crippen molar-refractivity contribution in [1.82, 2.24) is 4.90 Å². The lowest BCUT2D eigenvalue weighted by Crippen LogP contribution is -2.41. The van der Waals surface area contributed by atoms with Gasteiger partial charge in [0.2, 0.25) is 0 Å². The minimum absolute atomic E-state index is 0.0193. The second kappa shape index (κ2) is 7.24. The molecule has 0 radical (unpaired) electrons. The van der Waals surface area contributed by atoms with E-state index in [2.05, 4.69) is 11.8 Å². The van der Waals surface area contributed by atoms with E-state index in [4.69, 9.17) is 16.6 Å². The topological polar surface area (TPSA) is 32.7 Å². The van der Waals surface area contributed by atoms with Crippen molar-refractivity contribution < 1.29 is 4.79 Å². The molecule has 1 saturated carbocycles. The van der Waals surface area contributed by atoms with Crippen molar-refractivity contribution in [3.63, 3.8) is 0 Å². The van der Waals surface area contributed by atoms with E-state index in [1.165, 1.54) is 19.3 Å². The Morgan fingerprint density at radius 2 is 1.85 bits per heavy atom. The third kappa shape index (κ3) is 3.05. The summed E-state index contributed by atoms with van der Waals surface area (Å²) in [5.41, 5.74) is 2.32. The zero-order valence-corrected chi connectivity index (χ0v) is 15.7. The summed E-state index contributed by atoms with van der Waals surface area (Å²) in [6.45, 7) is 3.10. The molecule has 0 amide bonds. The third-order valence-electron chi connectivity index (χ3n) is 5.51. The number of amidine groups is 1. The predicted octanol–water partition coefficient (Wildman–Crippen LogP) is 4.96. The summed E-state index contributed by atoms with van der Waals surface area (Å²) in [5.74, 6) is 1.01. The molecule has 3 nitrogen and oxygen atoms in total. The van der Waals surface area contributed by atoms with E-state index in [1.807, 2.05) is 24.3 Å². The smallest absolute Gasteiger partial charge is 0.193 e. The van der Waals surface area contributed by atoms with Crippen LogP contribution in [0.3, 0.4) is 0 Å². The van der Waals surface area contributed by atoms with Gasteiger partial charge in [0.05, 0.1) is 12.1 Å². The SMILES string of the molecule is CCN1C(c2ccccc2C(=O)c2ccc(Cl)cc2)=N[C@@H]2CCCC[C@H]21. The summed E-state index contributed by atoms with van der Waals surface area (Å²) in [7, 11) is 0. The summed E-state index contributed by atoms with van der Waals surface area (Å²) < 4.78 is 0. The van der Waals surface area contributed by atoms with E-state index in [9.17, 15) is 4.79 Å². The van der Waals surface area contributed by atoms with Gasteiger partial charge in [0.1, 0.15) is 5.84 Å². The minimum atomic E-state index is 0.0193. The number of nitrogens with zero attached hydrogens (tertiary/aromatic N) is 2. The summed E-state index contributed by atoms with van der Waals surface area (Å²) in [5, 5.41) is 0.635. The largest absolute Gasteiger partial charge is 0.352 e. The van der Waals surface area contributed by atoms with Gasteiger partial charge in [0.25, 0.3) is 0 Å². The number of hydrogen-bond donors (Lipinski definition) is 0. The number of likely N-dealkylation sites (N-methyl/N-ethyl adjacent to an activating group) is 1. The molecule has 26 heavy (non-hydrogen) atoms. The van der Waals surface area contributed by atoms with Crippen molar-refractivity contribution in [2.75, 3.05) is 6.54 Å². The molecule has 1 aliphatic heterocycles. The predicted molar refractivity (Wildman–Crippen MR) is 106 cm³/mol. The highest BCUT2D eigenvalue weighted by molar-refractivity contribution is 6.30. The van der Waals surface area contributed by atoms with Crippen molar-refractivity contribution in [3.8, 4) is 0 Å². The molecule has 0 aromatic heterocycles. The van der Waals surface area contributed by atoms with Crippen LogP contribution < -0.4 is 0 Å². The van der Waals surface area contributed by atoms with Gasteiger partial charge < -0.3 is 4.90 Å². The van der Waals surface area contributed by atoms with Gasteiger partial charge in [0.15, 0.2) is 5.78 Å². The maximum absolute atomic E-state index is 13.1. The molecule has 4 rings (SSSR count). The van der Waals surface area contributed by atoms with E-state index in [0.29, 0.717) is 28.2 Å². The van der Waals surface area contributed by atoms with Crippen LogP contribution in [0.1, 0.15) is 54.1 Å². The molecule has 0 unspecified atom stereocenters. The summed E-state index contributed by atoms with van der Waals surface area (Å²) in [6.07, 6.45) is 4.86. The number of aliphatic imine (C=N–C) groups is 1. The number of rotatable bonds is 4. The van der Waals surface area contributed by atoms with Crippen LogP contribution >= 0.6 is 11.6 Å². The van der Waals surface area contributed by atoms with Gasteiger partial charge in [-0.3, -0.25) is 9.79 Å². The summed E-state index contributed by atoms with van der Waals surface area (Å²) in [6, 6.07) is 15.8. The number of carbonyl (C=O) groups excluding carboxylic acids is 1. The quantitative estimate of drug-likeness (QED) is 0.716. The molecule has 2 aliphatic rings. The van der Waals surface area contributed by atoms with E-state index >= 15 is 0 Å². The van der Waals surface area contributed by atoms with Gasteiger partial charge in [-0.25, -0.2) is 0 Å². The molecule has 1 aliphatic carbocycles. The molecule has 0 spiro atoms. The second-order valence-corrected chi connectivity index (χ2v) is 7.48. The zero-order chi connectivity index (χ0) is 18.1. The lowest BCUT2D eigenvalue weighted by molar-refractivity contribution is 0.103. The third-order valence-corrected chi connectivity index (χ3v) is 5.77. The lowest BCUT2D eigenvalue weighted by atomic mass is 9.90. The van der Waals surface area contributed by atoms with Crippen LogP contribution in [0.2, 0.25) is 5.02 Å².